The van der Waals surface area contributed by atoms with E-state index in [9.17, 15) is 9.59 Å². The number of aryl methyl sites for hydroxylation is 1. The van der Waals surface area contributed by atoms with E-state index in [2.05, 4.69) is 15.4 Å². The van der Waals surface area contributed by atoms with E-state index in [0.717, 1.165) is 30.6 Å². The lowest BCUT2D eigenvalue weighted by Gasteiger charge is -2.24. The van der Waals surface area contributed by atoms with Gasteiger partial charge in [-0.1, -0.05) is 12.1 Å². The highest BCUT2D eigenvalue weighted by molar-refractivity contribution is 8.00. The van der Waals surface area contributed by atoms with Crippen molar-refractivity contribution in [2.24, 2.45) is 0 Å². The third-order valence-corrected chi connectivity index (χ3v) is 6.11. The molecule has 154 valence electrons. The smallest absolute Gasteiger partial charge is 0.251 e. The number of benzene rings is 1. The number of anilines is 1. The number of thioether (sulfide) groups is 1. The summed E-state index contributed by atoms with van der Waals surface area (Å²) in [6.07, 6.45) is 8.89. The second-order valence-electron chi connectivity index (χ2n) is 6.99. The maximum Gasteiger partial charge on any atom is 0.251 e. The van der Waals surface area contributed by atoms with E-state index in [1.165, 1.54) is 0 Å². The fraction of sp³-hybridized carbons (Fsp3) is 0.273. The van der Waals surface area contributed by atoms with Gasteiger partial charge in [0.25, 0.3) is 5.91 Å². The summed E-state index contributed by atoms with van der Waals surface area (Å²) in [6.45, 7) is 1.46. The lowest BCUT2D eigenvalue weighted by molar-refractivity contribution is -0.115. The molecule has 8 heteroatoms. The van der Waals surface area contributed by atoms with Crippen LogP contribution in [-0.4, -0.2) is 38.9 Å². The molecule has 30 heavy (non-hydrogen) atoms. The molecule has 0 bridgehead atoms. The highest BCUT2D eigenvalue weighted by Crippen LogP contribution is 2.41. The zero-order valence-electron chi connectivity index (χ0n) is 16.5. The highest BCUT2D eigenvalue weighted by Gasteiger charge is 2.34. The first-order valence-corrected chi connectivity index (χ1v) is 11.0. The van der Waals surface area contributed by atoms with Gasteiger partial charge >= 0.3 is 0 Å². The molecule has 1 aromatic carbocycles. The lowest BCUT2D eigenvalue weighted by atomic mass is 10.1. The molecule has 1 saturated heterocycles. The van der Waals surface area contributed by atoms with Gasteiger partial charge in [0.05, 0.1) is 5.75 Å². The van der Waals surface area contributed by atoms with Crippen molar-refractivity contribution in [2.45, 2.75) is 24.8 Å². The summed E-state index contributed by atoms with van der Waals surface area (Å²) < 4.78 is 1.89. The predicted molar refractivity (Wildman–Crippen MR) is 117 cm³/mol. The molecule has 0 aliphatic carbocycles. The molecule has 1 aliphatic rings. The third kappa shape index (κ3) is 4.71. The van der Waals surface area contributed by atoms with Gasteiger partial charge in [0.2, 0.25) is 5.91 Å². The van der Waals surface area contributed by atoms with Crippen molar-refractivity contribution in [2.75, 3.05) is 17.2 Å². The number of aromatic nitrogens is 3. The van der Waals surface area contributed by atoms with Crippen LogP contribution in [0.15, 0.2) is 67.3 Å². The fourth-order valence-corrected chi connectivity index (χ4v) is 4.59. The van der Waals surface area contributed by atoms with Crippen LogP contribution in [0.4, 0.5) is 5.69 Å². The molecule has 3 aromatic rings. The highest BCUT2D eigenvalue weighted by atomic mass is 32.2. The van der Waals surface area contributed by atoms with E-state index in [4.69, 9.17) is 0 Å². The minimum absolute atomic E-state index is 0.0586. The van der Waals surface area contributed by atoms with Gasteiger partial charge in [0.1, 0.15) is 5.37 Å². The fourth-order valence-electron chi connectivity index (χ4n) is 3.42. The van der Waals surface area contributed by atoms with E-state index < -0.39 is 0 Å². The Balaban J connectivity index is 1.37. The topological polar surface area (TPSA) is 80.1 Å². The molecule has 0 saturated carbocycles. The number of carbonyl (C=O) groups excluding carboxylic acids is 2. The van der Waals surface area contributed by atoms with Gasteiger partial charge in [-0.25, -0.2) is 0 Å². The van der Waals surface area contributed by atoms with Crippen molar-refractivity contribution in [3.63, 3.8) is 0 Å². The summed E-state index contributed by atoms with van der Waals surface area (Å²) in [5, 5.41) is 7.01. The van der Waals surface area contributed by atoms with Crippen molar-refractivity contribution in [3.05, 3.63) is 78.4 Å². The molecule has 2 aromatic heterocycles. The number of nitrogens with one attached hydrogen (secondary N) is 1. The molecule has 3 heterocycles. The summed E-state index contributed by atoms with van der Waals surface area (Å²) in [5.74, 6) is 0.378. The first-order valence-electron chi connectivity index (χ1n) is 9.91. The van der Waals surface area contributed by atoms with Crippen LogP contribution in [0.3, 0.4) is 0 Å². The SMILES string of the molecule is O=C(NCCCCn1cccn1)c1cccc(C2SCC(=O)N2c2ccncc2)c1. The molecule has 1 aliphatic heterocycles. The molecule has 7 nitrogen and oxygen atoms in total. The first-order chi connectivity index (χ1) is 14.7. The third-order valence-electron chi connectivity index (χ3n) is 4.90. The van der Waals surface area contributed by atoms with Crippen molar-refractivity contribution in [1.29, 1.82) is 0 Å². The van der Waals surface area contributed by atoms with Gasteiger partial charge in [-0.3, -0.25) is 24.2 Å². The normalized spacial score (nSPS) is 16.1. The Morgan fingerprint density at radius 1 is 1.13 bits per heavy atom. The van der Waals surface area contributed by atoms with Crippen LogP contribution in [0.5, 0.6) is 0 Å². The van der Waals surface area contributed by atoms with Crippen molar-refractivity contribution in [1.82, 2.24) is 20.1 Å². The number of carbonyl (C=O) groups is 2. The summed E-state index contributed by atoms with van der Waals surface area (Å²) in [4.78, 5) is 30.9. The van der Waals surface area contributed by atoms with Crippen LogP contribution in [-0.2, 0) is 11.3 Å². The van der Waals surface area contributed by atoms with Crippen LogP contribution in [0.25, 0.3) is 0 Å². The zero-order chi connectivity index (χ0) is 20.8. The number of rotatable bonds is 8. The number of pyridine rings is 1. The average Bonchev–Trinajstić information content (AvgIpc) is 3.44. The second kappa shape index (κ2) is 9.58. The molecular weight excluding hydrogens is 398 g/mol. The van der Waals surface area contributed by atoms with E-state index in [0.29, 0.717) is 17.9 Å². The minimum atomic E-state index is -0.151. The van der Waals surface area contributed by atoms with E-state index >= 15 is 0 Å². The van der Waals surface area contributed by atoms with Crippen LogP contribution in [0.2, 0.25) is 0 Å². The Labute approximate surface area is 179 Å². The standard InChI is InChI=1S/C22H23N5O2S/c28-20-16-30-22(27(20)19-7-11-23-12-8-19)18-6-3-5-17(15-18)21(29)24-9-1-2-13-26-14-4-10-25-26/h3-8,10-12,14-15,22H,1-2,9,13,16H2,(H,24,29). The van der Waals surface area contributed by atoms with Gasteiger partial charge in [-0.05, 0) is 48.7 Å². The van der Waals surface area contributed by atoms with E-state index in [1.807, 2.05) is 47.3 Å². The van der Waals surface area contributed by atoms with Gasteiger partial charge in [-0.15, -0.1) is 11.8 Å². The van der Waals surface area contributed by atoms with E-state index in [1.54, 1.807) is 41.3 Å². The molecule has 2 amide bonds. The maximum atomic E-state index is 12.6. The number of hydrogen-bond acceptors (Lipinski definition) is 5. The van der Waals surface area contributed by atoms with Crippen molar-refractivity contribution in [3.8, 4) is 0 Å². The summed E-state index contributed by atoms with van der Waals surface area (Å²) in [7, 11) is 0. The largest absolute Gasteiger partial charge is 0.352 e. The Morgan fingerprint density at radius 2 is 2.00 bits per heavy atom. The number of hydrogen-bond donors (Lipinski definition) is 1. The average molecular weight is 422 g/mol. The maximum absolute atomic E-state index is 12.6. The molecular formula is C22H23N5O2S. The van der Waals surface area contributed by atoms with Crippen LogP contribution in [0, 0.1) is 0 Å². The zero-order valence-corrected chi connectivity index (χ0v) is 17.3. The van der Waals surface area contributed by atoms with Crippen molar-refractivity contribution < 1.29 is 9.59 Å². The Bertz CT molecular complexity index is 994. The minimum Gasteiger partial charge on any atom is -0.352 e. The predicted octanol–water partition coefficient (Wildman–Crippen LogP) is 3.27. The lowest BCUT2D eigenvalue weighted by Crippen LogP contribution is -2.28. The molecule has 1 fully saturated rings. The van der Waals surface area contributed by atoms with Crippen LogP contribution < -0.4 is 10.2 Å². The van der Waals surface area contributed by atoms with Gasteiger partial charge in [0.15, 0.2) is 0 Å². The Kier molecular flexibility index (Phi) is 6.44. The number of amides is 2. The van der Waals surface area contributed by atoms with Gasteiger partial charge in [0, 0.05) is 49.1 Å². The van der Waals surface area contributed by atoms with Crippen LogP contribution >= 0.6 is 11.8 Å². The molecule has 1 unspecified atom stereocenters. The summed E-state index contributed by atoms with van der Waals surface area (Å²) in [5.41, 5.74) is 2.36. The molecule has 0 spiro atoms. The quantitative estimate of drug-likeness (QED) is 0.565. The first kappa shape index (κ1) is 20.2. The van der Waals surface area contributed by atoms with Gasteiger partial charge < -0.3 is 5.32 Å². The molecule has 1 N–H and O–H groups in total. The number of unbranched alkanes of at least 4 members (excludes halogenated alkanes) is 1. The van der Waals surface area contributed by atoms with Crippen LogP contribution in [0.1, 0.15) is 34.1 Å². The van der Waals surface area contributed by atoms with Crippen molar-refractivity contribution >= 4 is 29.3 Å². The Hall–Kier alpha value is -3.13. The summed E-state index contributed by atoms with van der Waals surface area (Å²) in [6, 6.07) is 13.1. The molecule has 0 radical (unpaired) electrons. The number of nitrogens with zero attached hydrogens (tertiary/aromatic N) is 4. The Morgan fingerprint density at radius 3 is 2.80 bits per heavy atom. The molecule has 1 atom stereocenters. The monoisotopic (exact) mass is 421 g/mol. The van der Waals surface area contributed by atoms with E-state index in [-0.39, 0.29) is 17.2 Å². The van der Waals surface area contributed by atoms with Gasteiger partial charge in [-0.2, -0.15) is 5.10 Å². The second-order valence-corrected chi connectivity index (χ2v) is 8.06. The summed E-state index contributed by atoms with van der Waals surface area (Å²) >= 11 is 1.57. The molecule has 4 rings (SSSR count).